The van der Waals surface area contributed by atoms with Gasteiger partial charge in [0.1, 0.15) is 5.76 Å². The number of unbranched alkanes of at least 4 members (excludes halogenated alkanes) is 6. The summed E-state index contributed by atoms with van der Waals surface area (Å²) in [4.78, 5) is 26.8. The summed E-state index contributed by atoms with van der Waals surface area (Å²) in [7, 11) is 0. The highest BCUT2D eigenvalue weighted by Gasteiger charge is 2.50. The molecule has 2 amide bonds. The molecule has 1 aromatic rings. The third-order valence-corrected chi connectivity index (χ3v) is 6.53. The molecular formula is C25H38N4O3. The lowest BCUT2D eigenvalue weighted by Gasteiger charge is -2.26. The van der Waals surface area contributed by atoms with Crippen LogP contribution in [0, 0.1) is 11.8 Å². The molecule has 1 aromatic heterocycles. The molecule has 7 nitrogen and oxygen atoms in total. The van der Waals surface area contributed by atoms with Gasteiger partial charge in [-0.15, -0.1) is 0 Å². The standard InChI is InChI=1S/C25H38N4O3/c1-5-7-9-11-15-28-24(30)21(18(3)26-28)23(20-14-13-17-32-20)22-19(4)27-29(25(22)31)16-12-10-8-6-2/h13-14,17,21-23H,5-12,15-16H2,1-4H3. The predicted octanol–water partition coefficient (Wildman–Crippen LogP) is 5.19. The van der Waals surface area contributed by atoms with Crippen LogP contribution in [0.2, 0.25) is 0 Å². The van der Waals surface area contributed by atoms with Crippen LogP contribution in [0.3, 0.4) is 0 Å². The van der Waals surface area contributed by atoms with Crippen molar-refractivity contribution in [3.05, 3.63) is 24.2 Å². The maximum absolute atomic E-state index is 13.4. The van der Waals surface area contributed by atoms with Crippen LogP contribution in [-0.4, -0.2) is 46.3 Å². The van der Waals surface area contributed by atoms with Crippen molar-refractivity contribution in [2.24, 2.45) is 22.0 Å². The molecule has 176 valence electrons. The molecule has 0 fully saturated rings. The zero-order valence-corrected chi connectivity index (χ0v) is 20.0. The van der Waals surface area contributed by atoms with Gasteiger partial charge in [0.25, 0.3) is 11.8 Å². The second kappa shape index (κ2) is 11.4. The van der Waals surface area contributed by atoms with Gasteiger partial charge in [-0.1, -0.05) is 52.4 Å². The lowest BCUT2D eigenvalue weighted by molar-refractivity contribution is -0.135. The Hall–Kier alpha value is -2.44. The first-order chi connectivity index (χ1) is 15.5. The summed E-state index contributed by atoms with van der Waals surface area (Å²) in [5.74, 6) is -0.882. The molecule has 32 heavy (non-hydrogen) atoms. The third kappa shape index (κ3) is 5.30. The van der Waals surface area contributed by atoms with Crippen molar-refractivity contribution in [3.8, 4) is 0 Å². The largest absolute Gasteiger partial charge is 0.469 e. The number of nitrogens with zero attached hydrogens (tertiary/aromatic N) is 4. The summed E-state index contributed by atoms with van der Waals surface area (Å²) < 4.78 is 5.76. The molecule has 2 aliphatic heterocycles. The van der Waals surface area contributed by atoms with Gasteiger partial charge in [-0.05, 0) is 38.8 Å². The molecule has 2 unspecified atom stereocenters. The summed E-state index contributed by atoms with van der Waals surface area (Å²) in [5, 5.41) is 12.4. The zero-order valence-electron chi connectivity index (χ0n) is 20.0. The molecule has 0 aliphatic carbocycles. The molecule has 0 radical (unpaired) electrons. The van der Waals surface area contributed by atoms with Crippen molar-refractivity contribution in [2.75, 3.05) is 13.1 Å². The second-order valence-electron chi connectivity index (χ2n) is 9.02. The monoisotopic (exact) mass is 442 g/mol. The minimum atomic E-state index is -0.508. The number of carbonyl (C=O) groups is 2. The van der Waals surface area contributed by atoms with Crippen molar-refractivity contribution < 1.29 is 14.0 Å². The maximum Gasteiger partial charge on any atom is 0.252 e. The van der Waals surface area contributed by atoms with Gasteiger partial charge in [0.15, 0.2) is 0 Å². The summed E-state index contributed by atoms with van der Waals surface area (Å²) in [6, 6.07) is 3.67. The Kier molecular flexibility index (Phi) is 8.65. The molecule has 0 N–H and O–H groups in total. The summed E-state index contributed by atoms with van der Waals surface area (Å²) in [6.07, 6.45) is 10.2. The lowest BCUT2D eigenvalue weighted by Crippen LogP contribution is -2.40. The molecule has 0 spiro atoms. The van der Waals surface area contributed by atoms with Crippen LogP contribution in [0.25, 0.3) is 0 Å². The van der Waals surface area contributed by atoms with Gasteiger partial charge in [0, 0.05) is 24.5 Å². The lowest BCUT2D eigenvalue weighted by atomic mass is 9.75. The molecule has 0 aromatic carbocycles. The molecule has 3 heterocycles. The average Bonchev–Trinajstić information content (AvgIpc) is 3.46. The third-order valence-electron chi connectivity index (χ3n) is 6.53. The number of amides is 2. The first kappa shape index (κ1) is 24.2. The van der Waals surface area contributed by atoms with Crippen LogP contribution in [0.1, 0.15) is 90.7 Å². The van der Waals surface area contributed by atoms with E-state index in [4.69, 9.17) is 4.42 Å². The van der Waals surface area contributed by atoms with Crippen molar-refractivity contribution >= 4 is 23.2 Å². The van der Waals surface area contributed by atoms with Crippen LogP contribution in [0.15, 0.2) is 33.0 Å². The fraction of sp³-hybridized carbons (Fsp3) is 0.680. The minimum Gasteiger partial charge on any atom is -0.469 e. The zero-order chi connectivity index (χ0) is 23.1. The van der Waals surface area contributed by atoms with E-state index < -0.39 is 17.8 Å². The van der Waals surface area contributed by atoms with Crippen molar-refractivity contribution in [1.29, 1.82) is 0 Å². The van der Waals surface area contributed by atoms with Crippen molar-refractivity contribution in [3.63, 3.8) is 0 Å². The highest BCUT2D eigenvalue weighted by atomic mass is 16.3. The van der Waals surface area contributed by atoms with E-state index in [0.717, 1.165) is 62.8 Å². The van der Waals surface area contributed by atoms with E-state index in [1.54, 1.807) is 16.3 Å². The summed E-state index contributed by atoms with van der Waals surface area (Å²) >= 11 is 0. The van der Waals surface area contributed by atoms with Crippen LogP contribution < -0.4 is 0 Å². The van der Waals surface area contributed by atoms with E-state index in [1.165, 1.54) is 0 Å². The van der Waals surface area contributed by atoms with Crippen molar-refractivity contribution in [1.82, 2.24) is 10.0 Å². The highest BCUT2D eigenvalue weighted by molar-refractivity contribution is 6.12. The molecule has 0 saturated carbocycles. The summed E-state index contributed by atoms with van der Waals surface area (Å²) in [5.41, 5.74) is 1.49. The quantitative estimate of drug-likeness (QED) is 0.394. The Morgan fingerprint density at radius 1 is 0.844 bits per heavy atom. The van der Waals surface area contributed by atoms with E-state index in [2.05, 4.69) is 24.1 Å². The van der Waals surface area contributed by atoms with E-state index in [0.29, 0.717) is 18.8 Å². The second-order valence-corrected chi connectivity index (χ2v) is 9.02. The summed E-state index contributed by atoms with van der Waals surface area (Å²) in [6.45, 7) is 9.35. The number of hydrogen-bond donors (Lipinski definition) is 0. The predicted molar refractivity (Wildman–Crippen MR) is 126 cm³/mol. The van der Waals surface area contributed by atoms with Gasteiger partial charge in [0.05, 0.1) is 24.0 Å². The first-order valence-corrected chi connectivity index (χ1v) is 12.3. The van der Waals surface area contributed by atoms with Gasteiger partial charge in [-0.2, -0.15) is 10.2 Å². The van der Waals surface area contributed by atoms with Gasteiger partial charge >= 0.3 is 0 Å². The molecule has 0 bridgehead atoms. The average molecular weight is 443 g/mol. The fourth-order valence-corrected chi connectivity index (χ4v) is 4.81. The van der Waals surface area contributed by atoms with Gasteiger partial charge in [-0.3, -0.25) is 9.59 Å². The smallest absolute Gasteiger partial charge is 0.252 e. The van der Waals surface area contributed by atoms with Gasteiger partial charge < -0.3 is 4.42 Å². The molecule has 3 rings (SSSR count). The number of carbonyl (C=O) groups excluding carboxylic acids is 2. The Morgan fingerprint density at radius 2 is 1.34 bits per heavy atom. The van der Waals surface area contributed by atoms with E-state index in [1.807, 2.05) is 26.0 Å². The van der Waals surface area contributed by atoms with Crippen LogP contribution in [0.5, 0.6) is 0 Å². The molecular weight excluding hydrogens is 404 g/mol. The Labute approximate surface area is 191 Å². The van der Waals surface area contributed by atoms with E-state index in [9.17, 15) is 9.59 Å². The number of rotatable bonds is 13. The van der Waals surface area contributed by atoms with Crippen molar-refractivity contribution in [2.45, 2.75) is 85.0 Å². The van der Waals surface area contributed by atoms with Gasteiger partial charge in [0.2, 0.25) is 0 Å². The minimum absolute atomic E-state index is 0.0394. The van der Waals surface area contributed by atoms with E-state index in [-0.39, 0.29) is 11.8 Å². The van der Waals surface area contributed by atoms with Crippen LogP contribution >= 0.6 is 0 Å². The molecule has 2 aliphatic rings. The Bertz CT molecular complexity index is 778. The van der Waals surface area contributed by atoms with Crippen LogP contribution in [-0.2, 0) is 9.59 Å². The molecule has 7 heteroatoms. The highest BCUT2D eigenvalue weighted by Crippen LogP contribution is 2.41. The van der Waals surface area contributed by atoms with Crippen LogP contribution in [0.4, 0.5) is 0 Å². The first-order valence-electron chi connectivity index (χ1n) is 12.3. The van der Waals surface area contributed by atoms with E-state index >= 15 is 0 Å². The maximum atomic E-state index is 13.4. The molecule has 2 atom stereocenters. The topological polar surface area (TPSA) is 78.5 Å². The number of hydrogen-bond acceptors (Lipinski definition) is 5. The fourth-order valence-electron chi connectivity index (χ4n) is 4.81. The number of hydrazone groups is 2. The SMILES string of the molecule is CCCCCCN1N=C(C)C(C(c2ccco2)C2C(=O)N(CCCCCC)N=C2C)C1=O. The normalized spacial score (nSPS) is 22.0. The Balaban J connectivity index is 1.78. The Morgan fingerprint density at radius 3 is 1.75 bits per heavy atom. The molecule has 0 saturated heterocycles. The van der Waals surface area contributed by atoms with Gasteiger partial charge in [-0.25, -0.2) is 10.0 Å². The number of furan rings is 1.